The third kappa shape index (κ3) is 1.81. The highest BCUT2D eigenvalue weighted by molar-refractivity contribution is 5.85. The monoisotopic (exact) mass is 205 g/mol. The fraction of sp³-hybridized carbons (Fsp3) is 0.889. The Bertz CT molecular complexity index is 204. The van der Waals surface area contributed by atoms with E-state index in [1.54, 1.807) is 0 Å². The molecule has 0 aromatic heterocycles. The summed E-state index contributed by atoms with van der Waals surface area (Å²) in [4.78, 5) is 11.4. The molecule has 0 amide bonds. The van der Waals surface area contributed by atoms with Crippen LogP contribution in [0.1, 0.15) is 19.8 Å². The van der Waals surface area contributed by atoms with Gasteiger partial charge in [0.05, 0.1) is 12.5 Å². The molecule has 1 saturated carbocycles. The Morgan fingerprint density at radius 1 is 1.62 bits per heavy atom. The maximum Gasteiger partial charge on any atom is 0.310 e. The number of ether oxygens (including phenoxy) is 1. The second-order valence-electron chi connectivity index (χ2n) is 3.80. The van der Waals surface area contributed by atoms with E-state index >= 15 is 0 Å². The second-order valence-corrected chi connectivity index (χ2v) is 3.80. The fourth-order valence-corrected chi connectivity index (χ4v) is 2.07. The molecule has 1 unspecified atom stereocenters. The lowest BCUT2D eigenvalue weighted by Crippen LogP contribution is -2.25. The summed E-state index contributed by atoms with van der Waals surface area (Å²) in [6.07, 6.45) is 2.40. The molecule has 1 aliphatic heterocycles. The first-order valence-electron chi connectivity index (χ1n) is 4.66. The van der Waals surface area contributed by atoms with Crippen molar-refractivity contribution >= 4 is 18.4 Å². The molecular weight excluding hydrogens is 190 g/mol. The predicted molar refractivity (Wildman–Crippen MR) is 51.9 cm³/mol. The number of esters is 1. The third-order valence-electron chi connectivity index (χ3n) is 3.03. The number of rotatable bonds is 2. The molecule has 1 aliphatic carbocycles. The highest BCUT2D eigenvalue weighted by Crippen LogP contribution is 2.54. The largest absolute Gasteiger partial charge is 0.466 e. The van der Waals surface area contributed by atoms with Gasteiger partial charge in [0, 0.05) is 13.1 Å². The van der Waals surface area contributed by atoms with Crippen molar-refractivity contribution in [3.05, 3.63) is 0 Å². The molecule has 0 radical (unpaired) electrons. The first-order valence-corrected chi connectivity index (χ1v) is 4.66. The van der Waals surface area contributed by atoms with Crippen LogP contribution in [0.4, 0.5) is 0 Å². The molecule has 2 fully saturated rings. The fourth-order valence-electron chi connectivity index (χ4n) is 2.07. The highest BCUT2D eigenvalue weighted by atomic mass is 35.5. The standard InChI is InChI=1S/C9H15NO2.ClH/c1-2-12-8(11)7-5-10-6-9(7)3-4-9;/h7,10H,2-6H2,1H3;1H. The summed E-state index contributed by atoms with van der Waals surface area (Å²) in [5.74, 6) is 0.137. The van der Waals surface area contributed by atoms with Gasteiger partial charge in [-0.1, -0.05) is 0 Å². The molecule has 3 nitrogen and oxygen atoms in total. The van der Waals surface area contributed by atoms with Crippen molar-refractivity contribution in [2.24, 2.45) is 11.3 Å². The van der Waals surface area contributed by atoms with Crippen LogP contribution in [0.15, 0.2) is 0 Å². The zero-order chi connectivity index (χ0) is 8.60. The summed E-state index contributed by atoms with van der Waals surface area (Å²) in [5.41, 5.74) is 0.298. The quantitative estimate of drug-likeness (QED) is 0.683. The number of hydrogen-bond donors (Lipinski definition) is 1. The van der Waals surface area contributed by atoms with Gasteiger partial charge in [0.15, 0.2) is 0 Å². The molecule has 1 saturated heterocycles. The normalized spacial score (nSPS) is 28.2. The third-order valence-corrected chi connectivity index (χ3v) is 3.03. The maximum absolute atomic E-state index is 11.4. The van der Waals surface area contributed by atoms with Crippen LogP contribution in [-0.2, 0) is 9.53 Å². The van der Waals surface area contributed by atoms with Gasteiger partial charge in [-0.3, -0.25) is 4.79 Å². The van der Waals surface area contributed by atoms with Crippen LogP contribution in [0.2, 0.25) is 0 Å². The van der Waals surface area contributed by atoms with Crippen LogP contribution < -0.4 is 5.32 Å². The molecule has 1 spiro atoms. The van der Waals surface area contributed by atoms with Crippen molar-refractivity contribution in [1.82, 2.24) is 5.32 Å². The number of nitrogens with one attached hydrogen (secondary N) is 1. The van der Waals surface area contributed by atoms with Crippen LogP contribution in [-0.4, -0.2) is 25.7 Å². The number of hydrogen-bond acceptors (Lipinski definition) is 3. The van der Waals surface area contributed by atoms with Gasteiger partial charge in [0.25, 0.3) is 0 Å². The zero-order valence-electron chi connectivity index (χ0n) is 7.84. The Balaban J connectivity index is 0.000000845. The molecule has 1 N–H and O–H groups in total. The number of carbonyl (C=O) groups is 1. The Labute approximate surface area is 84.6 Å². The molecule has 1 heterocycles. The van der Waals surface area contributed by atoms with E-state index < -0.39 is 0 Å². The minimum Gasteiger partial charge on any atom is -0.466 e. The summed E-state index contributed by atoms with van der Waals surface area (Å²) in [6.45, 7) is 4.20. The van der Waals surface area contributed by atoms with Gasteiger partial charge in [-0.05, 0) is 25.2 Å². The molecule has 1 atom stereocenters. The summed E-state index contributed by atoms with van der Waals surface area (Å²) >= 11 is 0. The average molecular weight is 206 g/mol. The number of carbonyl (C=O) groups excluding carboxylic acids is 1. The smallest absolute Gasteiger partial charge is 0.310 e. The lowest BCUT2D eigenvalue weighted by Gasteiger charge is -2.14. The molecular formula is C9H16ClNO2. The van der Waals surface area contributed by atoms with E-state index in [2.05, 4.69) is 5.32 Å². The summed E-state index contributed by atoms with van der Waals surface area (Å²) in [5, 5.41) is 3.26. The Kier molecular flexibility index (Phi) is 3.19. The van der Waals surface area contributed by atoms with Crippen molar-refractivity contribution in [3.8, 4) is 0 Å². The Morgan fingerprint density at radius 3 is 2.85 bits per heavy atom. The van der Waals surface area contributed by atoms with Gasteiger partial charge in [-0.15, -0.1) is 12.4 Å². The van der Waals surface area contributed by atoms with Crippen molar-refractivity contribution in [2.45, 2.75) is 19.8 Å². The summed E-state index contributed by atoms with van der Waals surface area (Å²) in [7, 11) is 0. The van der Waals surface area contributed by atoms with Gasteiger partial charge in [-0.25, -0.2) is 0 Å². The van der Waals surface area contributed by atoms with Crippen LogP contribution in [0.3, 0.4) is 0 Å². The van der Waals surface area contributed by atoms with E-state index in [1.807, 2.05) is 6.92 Å². The van der Waals surface area contributed by atoms with Gasteiger partial charge in [0.1, 0.15) is 0 Å². The lowest BCUT2D eigenvalue weighted by atomic mass is 9.93. The molecule has 4 heteroatoms. The molecule has 0 aromatic rings. The second kappa shape index (κ2) is 3.84. The average Bonchev–Trinajstić information content (AvgIpc) is 2.63. The number of halogens is 1. The molecule has 0 aromatic carbocycles. The van der Waals surface area contributed by atoms with Gasteiger partial charge < -0.3 is 10.1 Å². The van der Waals surface area contributed by atoms with Crippen LogP contribution >= 0.6 is 12.4 Å². The predicted octanol–water partition coefficient (Wildman–Crippen LogP) is 0.971. The van der Waals surface area contributed by atoms with E-state index in [-0.39, 0.29) is 24.3 Å². The van der Waals surface area contributed by atoms with E-state index in [1.165, 1.54) is 12.8 Å². The van der Waals surface area contributed by atoms with Crippen LogP contribution in [0.5, 0.6) is 0 Å². The highest BCUT2D eigenvalue weighted by Gasteiger charge is 2.55. The topological polar surface area (TPSA) is 38.3 Å². The first-order chi connectivity index (χ1) is 5.78. The molecule has 2 rings (SSSR count). The molecule has 0 bridgehead atoms. The molecule has 13 heavy (non-hydrogen) atoms. The minimum atomic E-state index is 0. The Hall–Kier alpha value is -0.280. The van der Waals surface area contributed by atoms with E-state index in [0.29, 0.717) is 12.0 Å². The summed E-state index contributed by atoms with van der Waals surface area (Å²) < 4.78 is 5.02. The van der Waals surface area contributed by atoms with Crippen LogP contribution in [0, 0.1) is 11.3 Å². The summed E-state index contributed by atoms with van der Waals surface area (Å²) in [6, 6.07) is 0. The van der Waals surface area contributed by atoms with Crippen molar-refractivity contribution in [1.29, 1.82) is 0 Å². The minimum absolute atomic E-state index is 0. The van der Waals surface area contributed by atoms with Crippen molar-refractivity contribution < 1.29 is 9.53 Å². The Morgan fingerprint density at radius 2 is 2.31 bits per heavy atom. The van der Waals surface area contributed by atoms with Gasteiger partial charge >= 0.3 is 5.97 Å². The molecule has 2 aliphatic rings. The first kappa shape index (κ1) is 10.8. The van der Waals surface area contributed by atoms with E-state index in [0.717, 1.165) is 13.1 Å². The van der Waals surface area contributed by atoms with Crippen molar-refractivity contribution in [2.75, 3.05) is 19.7 Å². The maximum atomic E-state index is 11.4. The van der Waals surface area contributed by atoms with Crippen LogP contribution in [0.25, 0.3) is 0 Å². The molecule has 76 valence electrons. The van der Waals surface area contributed by atoms with E-state index in [9.17, 15) is 4.79 Å². The zero-order valence-corrected chi connectivity index (χ0v) is 8.65. The SMILES string of the molecule is CCOC(=O)C1CNCC12CC2.Cl. The lowest BCUT2D eigenvalue weighted by molar-refractivity contribution is -0.149. The van der Waals surface area contributed by atoms with Crippen molar-refractivity contribution in [3.63, 3.8) is 0 Å². The van der Waals surface area contributed by atoms with E-state index in [4.69, 9.17) is 4.74 Å². The van der Waals surface area contributed by atoms with Gasteiger partial charge in [0.2, 0.25) is 0 Å². The van der Waals surface area contributed by atoms with Gasteiger partial charge in [-0.2, -0.15) is 0 Å².